The number of nitrogens with zero attached hydrogens (tertiary/aromatic N) is 1. The molecule has 2 aromatic heterocycles. The highest BCUT2D eigenvalue weighted by atomic mass is 79.9. The molecule has 0 atom stereocenters. The third kappa shape index (κ3) is 3.40. The molecule has 0 saturated carbocycles. The Balaban J connectivity index is 1.75. The maximum atomic E-state index is 12.4. The van der Waals surface area contributed by atoms with Gasteiger partial charge in [0.1, 0.15) is 0 Å². The van der Waals surface area contributed by atoms with Gasteiger partial charge in [-0.3, -0.25) is 0 Å². The Morgan fingerprint density at radius 3 is 2.68 bits per heavy atom. The van der Waals surface area contributed by atoms with Crippen LogP contribution in [0.1, 0.15) is 0 Å². The number of fused-ring (bicyclic) bond motifs is 1. The molecule has 0 saturated heterocycles. The second kappa shape index (κ2) is 6.74. The van der Waals surface area contributed by atoms with Crippen LogP contribution in [0, 0.1) is 0 Å². The smallest absolute Gasteiger partial charge is 0.345 e. The first-order valence-corrected chi connectivity index (χ1v) is 9.77. The van der Waals surface area contributed by atoms with Crippen molar-refractivity contribution in [3.05, 3.63) is 73.3 Å². The number of aromatic nitrogens is 1. The molecule has 2 heterocycles. The predicted octanol–water partition coefficient (Wildman–Crippen LogP) is 6.19. The number of halogens is 2. The molecule has 25 heavy (non-hydrogen) atoms. The van der Waals surface area contributed by atoms with Crippen molar-refractivity contribution in [3.8, 4) is 11.3 Å². The first-order valence-electron chi connectivity index (χ1n) is 7.31. The third-order valence-corrected chi connectivity index (χ3v) is 5.36. The van der Waals surface area contributed by atoms with Crippen molar-refractivity contribution < 1.29 is 4.42 Å². The molecule has 4 aromatic rings. The zero-order valence-electron chi connectivity index (χ0n) is 12.6. The zero-order chi connectivity index (χ0) is 17.4. The Kier molecular flexibility index (Phi) is 4.45. The fraction of sp³-hybridized carbons (Fsp3) is 0. The molecule has 4 nitrogen and oxygen atoms in total. The third-order valence-electron chi connectivity index (χ3n) is 3.56. The van der Waals surface area contributed by atoms with E-state index in [4.69, 9.17) is 4.42 Å². The zero-order valence-corrected chi connectivity index (χ0v) is 16.6. The van der Waals surface area contributed by atoms with Crippen LogP contribution in [0.15, 0.2) is 72.1 Å². The van der Waals surface area contributed by atoms with Gasteiger partial charge in [0, 0.05) is 20.9 Å². The monoisotopic (exact) mass is 476 g/mol. The van der Waals surface area contributed by atoms with E-state index in [-0.39, 0.29) is 0 Å². The average Bonchev–Trinajstić information content (AvgIpc) is 3.04. The average molecular weight is 478 g/mol. The van der Waals surface area contributed by atoms with Gasteiger partial charge in [-0.25, -0.2) is 9.78 Å². The van der Waals surface area contributed by atoms with Crippen LogP contribution in [0.5, 0.6) is 0 Å². The van der Waals surface area contributed by atoms with Crippen LogP contribution in [0.25, 0.3) is 22.2 Å². The molecule has 0 unspecified atom stereocenters. The van der Waals surface area contributed by atoms with Crippen LogP contribution in [0.4, 0.5) is 10.8 Å². The molecule has 124 valence electrons. The summed E-state index contributed by atoms with van der Waals surface area (Å²) in [5, 5.41) is 6.61. The maximum Gasteiger partial charge on any atom is 0.345 e. The Bertz CT molecular complexity index is 1120. The minimum Gasteiger partial charge on any atom is -0.421 e. The SMILES string of the molecule is O=c1oc2c(Br)cc(Br)cc2cc1-c1csc(Nc2ccccc2)n1. The number of anilines is 2. The lowest BCUT2D eigenvalue weighted by Gasteiger charge is -2.03. The number of thiazole rings is 1. The first-order chi connectivity index (χ1) is 12.1. The van der Waals surface area contributed by atoms with E-state index in [1.54, 1.807) is 6.07 Å². The Morgan fingerprint density at radius 2 is 1.88 bits per heavy atom. The summed E-state index contributed by atoms with van der Waals surface area (Å²) in [6.07, 6.45) is 0. The van der Waals surface area contributed by atoms with E-state index in [2.05, 4.69) is 42.2 Å². The summed E-state index contributed by atoms with van der Waals surface area (Å²) < 4.78 is 7.11. The molecule has 0 amide bonds. The highest BCUT2D eigenvalue weighted by Gasteiger charge is 2.13. The summed E-state index contributed by atoms with van der Waals surface area (Å²) >= 11 is 8.31. The quantitative estimate of drug-likeness (QED) is 0.357. The van der Waals surface area contributed by atoms with E-state index in [0.29, 0.717) is 16.8 Å². The molecule has 0 aliphatic heterocycles. The fourth-order valence-corrected chi connectivity index (χ4v) is 4.51. The number of para-hydroxylation sites is 1. The number of rotatable bonds is 3. The standard InChI is InChI=1S/C18H10Br2N2O2S/c19-11-6-10-7-13(17(23)24-16(10)14(20)8-11)15-9-25-18(22-15)21-12-4-2-1-3-5-12/h1-9H,(H,21,22). The molecule has 0 fully saturated rings. The molecular weight excluding hydrogens is 468 g/mol. The summed E-state index contributed by atoms with van der Waals surface area (Å²) in [6, 6.07) is 15.3. The Hall–Kier alpha value is -1.96. The van der Waals surface area contributed by atoms with E-state index in [1.807, 2.05) is 47.8 Å². The number of benzene rings is 2. The van der Waals surface area contributed by atoms with E-state index < -0.39 is 5.63 Å². The largest absolute Gasteiger partial charge is 0.421 e. The van der Waals surface area contributed by atoms with Crippen molar-refractivity contribution in [2.75, 3.05) is 5.32 Å². The van der Waals surface area contributed by atoms with E-state index in [0.717, 1.165) is 25.2 Å². The molecule has 0 aliphatic rings. The second-order valence-electron chi connectivity index (χ2n) is 5.28. The minimum absolute atomic E-state index is 0.410. The highest BCUT2D eigenvalue weighted by Crippen LogP contribution is 2.31. The van der Waals surface area contributed by atoms with Crippen molar-refractivity contribution in [2.24, 2.45) is 0 Å². The van der Waals surface area contributed by atoms with Crippen LogP contribution in [-0.2, 0) is 0 Å². The van der Waals surface area contributed by atoms with E-state index in [9.17, 15) is 4.79 Å². The van der Waals surface area contributed by atoms with Crippen molar-refractivity contribution in [1.29, 1.82) is 0 Å². The fourth-order valence-electron chi connectivity index (χ4n) is 2.44. The van der Waals surface area contributed by atoms with Gasteiger partial charge in [0.25, 0.3) is 0 Å². The molecule has 1 N–H and O–H groups in total. The Morgan fingerprint density at radius 1 is 1.08 bits per heavy atom. The van der Waals surface area contributed by atoms with Crippen molar-refractivity contribution in [3.63, 3.8) is 0 Å². The Labute approximate surface area is 163 Å². The van der Waals surface area contributed by atoms with E-state index >= 15 is 0 Å². The van der Waals surface area contributed by atoms with Gasteiger partial charge < -0.3 is 9.73 Å². The molecule has 4 rings (SSSR count). The minimum atomic E-state index is -0.410. The maximum absolute atomic E-state index is 12.4. The molecule has 0 radical (unpaired) electrons. The second-order valence-corrected chi connectivity index (χ2v) is 7.91. The van der Waals surface area contributed by atoms with Gasteiger partial charge >= 0.3 is 5.63 Å². The lowest BCUT2D eigenvalue weighted by molar-refractivity contribution is 0.561. The summed E-state index contributed by atoms with van der Waals surface area (Å²) in [5.74, 6) is 0. The lowest BCUT2D eigenvalue weighted by atomic mass is 10.1. The van der Waals surface area contributed by atoms with Crippen molar-refractivity contribution in [2.45, 2.75) is 0 Å². The normalized spacial score (nSPS) is 11.0. The summed E-state index contributed by atoms with van der Waals surface area (Å²) in [5.41, 5.74) is 2.09. The van der Waals surface area contributed by atoms with Gasteiger partial charge in [0.15, 0.2) is 10.7 Å². The summed E-state index contributed by atoms with van der Waals surface area (Å²) in [7, 11) is 0. The number of hydrogen-bond donors (Lipinski definition) is 1. The van der Waals surface area contributed by atoms with Gasteiger partial charge in [0.2, 0.25) is 0 Å². The summed E-state index contributed by atoms with van der Waals surface area (Å²) in [6.45, 7) is 0. The van der Waals surface area contributed by atoms with Gasteiger partial charge in [-0.15, -0.1) is 11.3 Å². The van der Waals surface area contributed by atoms with Crippen LogP contribution < -0.4 is 10.9 Å². The molecule has 0 spiro atoms. The van der Waals surface area contributed by atoms with Crippen molar-refractivity contribution in [1.82, 2.24) is 4.98 Å². The topological polar surface area (TPSA) is 55.1 Å². The molecule has 2 aromatic carbocycles. The van der Waals surface area contributed by atoms with Gasteiger partial charge in [-0.1, -0.05) is 34.1 Å². The predicted molar refractivity (Wildman–Crippen MR) is 109 cm³/mol. The summed E-state index contributed by atoms with van der Waals surface area (Å²) in [4.78, 5) is 16.9. The van der Waals surface area contributed by atoms with Gasteiger partial charge in [0.05, 0.1) is 15.7 Å². The number of nitrogens with one attached hydrogen (secondary N) is 1. The molecule has 0 aliphatic carbocycles. The van der Waals surface area contributed by atoms with Crippen molar-refractivity contribution >= 4 is 65.0 Å². The number of hydrogen-bond acceptors (Lipinski definition) is 5. The van der Waals surface area contributed by atoms with Gasteiger partial charge in [-0.05, 0) is 46.3 Å². The molecule has 7 heteroatoms. The van der Waals surface area contributed by atoms with Crippen LogP contribution in [0.2, 0.25) is 0 Å². The molecule has 0 bridgehead atoms. The van der Waals surface area contributed by atoms with E-state index in [1.165, 1.54) is 11.3 Å². The van der Waals surface area contributed by atoms with Crippen LogP contribution >= 0.6 is 43.2 Å². The lowest BCUT2D eigenvalue weighted by Crippen LogP contribution is -2.03. The van der Waals surface area contributed by atoms with Gasteiger partial charge in [-0.2, -0.15) is 0 Å². The van der Waals surface area contributed by atoms with Crippen LogP contribution in [0.3, 0.4) is 0 Å². The first kappa shape index (κ1) is 16.5. The molecular formula is C18H10Br2N2O2S. The van der Waals surface area contributed by atoms with Crippen LogP contribution in [-0.4, -0.2) is 4.98 Å². The highest BCUT2D eigenvalue weighted by molar-refractivity contribution is 9.11.